The van der Waals surface area contributed by atoms with E-state index in [0.717, 1.165) is 22.5 Å². The van der Waals surface area contributed by atoms with Crippen LogP contribution < -0.4 is 16.0 Å². The molecule has 0 spiro atoms. The number of hydrogen-bond donors (Lipinski definition) is 3. The van der Waals surface area contributed by atoms with Crippen molar-refractivity contribution in [1.29, 1.82) is 0 Å². The van der Waals surface area contributed by atoms with Gasteiger partial charge in [-0.25, -0.2) is 14.6 Å². The first-order valence-corrected chi connectivity index (χ1v) is 8.52. The summed E-state index contributed by atoms with van der Waals surface area (Å²) >= 11 is 0. The fourth-order valence-electron chi connectivity index (χ4n) is 2.61. The molecule has 1 aromatic heterocycles. The summed E-state index contributed by atoms with van der Waals surface area (Å²) in [5.41, 5.74) is 7.46. The van der Waals surface area contributed by atoms with Crippen LogP contribution in [0.2, 0.25) is 0 Å². The van der Waals surface area contributed by atoms with E-state index in [1.165, 1.54) is 6.07 Å². The highest BCUT2D eigenvalue weighted by molar-refractivity contribution is 5.96. The molecule has 9 heteroatoms. The molecular formula is C20H17N3O6. The zero-order valence-corrected chi connectivity index (χ0v) is 15.1. The molecule has 0 saturated heterocycles. The molecule has 3 rings (SSSR count). The van der Waals surface area contributed by atoms with Crippen molar-refractivity contribution in [1.82, 2.24) is 10.5 Å². The largest absolute Gasteiger partial charge is 0.486 e. The van der Waals surface area contributed by atoms with Gasteiger partial charge in [-0.3, -0.25) is 4.79 Å². The van der Waals surface area contributed by atoms with Crippen LogP contribution in [0.3, 0.4) is 0 Å². The van der Waals surface area contributed by atoms with Gasteiger partial charge in [0.2, 0.25) is 0 Å². The number of carbonyl (C=O) groups is 3. The number of hydrogen-bond acceptors (Lipinski definition) is 7. The number of amides is 1. The quantitative estimate of drug-likeness (QED) is 0.535. The fourth-order valence-corrected chi connectivity index (χ4v) is 2.61. The topological polar surface area (TPSA) is 141 Å². The number of ether oxygens (including phenoxy) is 1. The van der Waals surface area contributed by atoms with Gasteiger partial charge in [-0.1, -0.05) is 42.5 Å². The van der Waals surface area contributed by atoms with Gasteiger partial charge in [0.05, 0.1) is 12.1 Å². The van der Waals surface area contributed by atoms with Crippen molar-refractivity contribution in [2.75, 3.05) is 6.54 Å². The van der Waals surface area contributed by atoms with Gasteiger partial charge in [-0.05, 0) is 22.4 Å². The van der Waals surface area contributed by atoms with E-state index in [1.54, 1.807) is 0 Å². The number of aromatic nitrogens is 1. The molecule has 2 aromatic carbocycles. The second kappa shape index (κ2) is 8.81. The number of nitrogens with two attached hydrogens (primary N) is 1. The lowest BCUT2D eigenvalue weighted by Gasteiger charge is -2.13. The van der Waals surface area contributed by atoms with E-state index < -0.39 is 24.4 Å². The minimum Gasteiger partial charge on any atom is -0.486 e. The van der Waals surface area contributed by atoms with Crippen LogP contribution in [0.5, 0.6) is 5.75 Å². The van der Waals surface area contributed by atoms with Gasteiger partial charge in [0.25, 0.3) is 0 Å². The van der Waals surface area contributed by atoms with Gasteiger partial charge in [0.1, 0.15) is 6.61 Å². The van der Waals surface area contributed by atoms with Crippen LogP contribution in [-0.4, -0.2) is 34.5 Å². The van der Waals surface area contributed by atoms with Crippen LogP contribution in [0.15, 0.2) is 54.7 Å². The highest BCUT2D eigenvalue weighted by Crippen LogP contribution is 2.23. The van der Waals surface area contributed by atoms with Crippen molar-refractivity contribution in [3.63, 3.8) is 0 Å². The normalized spacial score (nSPS) is 10.4. The Hall–Kier alpha value is -3.98. The number of carboxylic acids is 1. The van der Waals surface area contributed by atoms with Crippen LogP contribution in [0.4, 0.5) is 0 Å². The molecule has 0 aliphatic rings. The monoisotopic (exact) mass is 395 g/mol. The molecule has 0 aliphatic heterocycles. The smallest absolute Gasteiger partial charge is 0.345 e. The van der Waals surface area contributed by atoms with Crippen LogP contribution in [0.25, 0.3) is 10.8 Å². The number of fused-ring (bicyclic) bond motifs is 1. The number of pyridine rings is 1. The molecule has 0 aliphatic carbocycles. The van der Waals surface area contributed by atoms with Crippen molar-refractivity contribution in [3.05, 3.63) is 71.5 Å². The van der Waals surface area contributed by atoms with Gasteiger partial charge in [-0.2, -0.15) is 5.48 Å². The molecule has 1 heterocycles. The Bertz CT molecular complexity index is 1080. The molecule has 148 valence electrons. The first-order chi connectivity index (χ1) is 14.0. The molecule has 4 N–H and O–H groups in total. The van der Waals surface area contributed by atoms with E-state index in [0.29, 0.717) is 0 Å². The van der Waals surface area contributed by atoms with Crippen molar-refractivity contribution in [3.8, 4) is 5.75 Å². The zero-order valence-electron chi connectivity index (χ0n) is 15.1. The molecule has 0 bridgehead atoms. The van der Waals surface area contributed by atoms with Gasteiger partial charge in [0, 0.05) is 6.20 Å². The van der Waals surface area contributed by atoms with E-state index in [9.17, 15) is 19.5 Å². The fraction of sp³-hybridized carbons (Fsp3) is 0.100. The maximum atomic E-state index is 12.3. The van der Waals surface area contributed by atoms with E-state index >= 15 is 0 Å². The molecule has 0 saturated carbocycles. The second-order valence-corrected chi connectivity index (χ2v) is 5.91. The lowest BCUT2D eigenvalue weighted by molar-refractivity contribution is -0.147. The number of carbonyl (C=O) groups excluding carboxylic acids is 2. The minimum atomic E-state index is -1.23. The number of benzene rings is 2. The number of nitrogens with zero attached hydrogens (tertiary/aromatic N) is 1. The molecule has 0 unspecified atom stereocenters. The standard InChI is InChI=1S/C20H17N3O6/c21-9-17(24)29-23-19(25)18-16(8-14(10-22-18)20(26)27)28-11-13-6-3-5-12-4-1-2-7-15(12)13/h1-8,10H,9,11,21H2,(H,23,25)(H,26,27). The Morgan fingerprint density at radius 2 is 1.86 bits per heavy atom. The molecular weight excluding hydrogens is 378 g/mol. The van der Waals surface area contributed by atoms with Crippen LogP contribution in [0, 0.1) is 0 Å². The molecule has 1 amide bonds. The second-order valence-electron chi connectivity index (χ2n) is 5.91. The average Bonchev–Trinajstić information content (AvgIpc) is 2.75. The van der Waals surface area contributed by atoms with Crippen LogP contribution >= 0.6 is 0 Å². The van der Waals surface area contributed by atoms with Gasteiger partial charge in [-0.15, -0.1) is 0 Å². The summed E-state index contributed by atoms with van der Waals surface area (Å²) in [6.07, 6.45) is 1.01. The number of aromatic carboxylic acids is 1. The first-order valence-electron chi connectivity index (χ1n) is 8.52. The van der Waals surface area contributed by atoms with Gasteiger partial charge < -0.3 is 20.4 Å². The van der Waals surface area contributed by atoms with E-state index in [-0.39, 0.29) is 23.6 Å². The van der Waals surface area contributed by atoms with Crippen LogP contribution in [-0.2, 0) is 16.2 Å². The summed E-state index contributed by atoms with van der Waals surface area (Å²) in [6.45, 7) is -0.356. The van der Waals surface area contributed by atoms with E-state index in [2.05, 4.69) is 9.82 Å². The Morgan fingerprint density at radius 1 is 1.10 bits per heavy atom. The van der Waals surface area contributed by atoms with Crippen LogP contribution in [0.1, 0.15) is 26.4 Å². The molecule has 0 fully saturated rings. The summed E-state index contributed by atoms with van der Waals surface area (Å²) < 4.78 is 5.72. The number of rotatable bonds is 6. The third kappa shape index (κ3) is 4.66. The molecule has 29 heavy (non-hydrogen) atoms. The van der Waals surface area contributed by atoms with E-state index in [1.807, 2.05) is 47.9 Å². The summed E-state index contributed by atoms with van der Waals surface area (Å²) in [6, 6.07) is 14.6. The predicted octanol–water partition coefficient (Wildman–Crippen LogP) is 1.66. The molecule has 0 atom stereocenters. The van der Waals surface area contributed by atoms with Gasteiger partial charge >= 0.3 is 17.8 Å². The summed E-state index contributed by atoms with van der Waals surface area (Å²) in [5.74, 6) is -3.02. The average molecular weight is 395 g/mol. The van der Waals surface area contributed by atoms with Crippen molar-refractivity contribution in [2.24, 2.45) is 5.73 Å². The number of hydroxylamine groups is 1. The maximum Gasteiger partial charge on any atom is 0.345 e. The Labute approximate surface area is 165 Å². The third-order valence-corrected chi connectivity index (χ3v) is 4.00. The Morgan fingerprint density at radius 3 is 2.62 bits per heavy atom. The van der Waals surface area contributed by atoms with E-state index in [4.69, 9.17) is 10.5 Å². The predicted molar refractivity (Wildman–Crippen MR) is 102 cm³/mol. The summed E-state index contributed by atoms with van der Waals surface area (Å²) in [7, 11) is 0. The maximum absolute atomic E-state index is 12.3. The SMILES string of the molecule is NCC(=O)ONC(=O)c1ncc(C(=O)O)cc1OCc1cccc2ccccc12. The Kier molecular flexibility index (Phi) is 6.00. The van der Waals surface area contributed by atoms with Crippen molar-refractivity contribution in [2.45, 2.75) is 6.61 Å². The first kappa shape index (κ1) is 19.8. The molecule has 9 nitrogen and oxygen atoms in total. The summed E-state index contributed by atoms with van der Waals surface area (Å²) in [4.78, 5) is 43.0. The molecule has 3 aromatic rings. The summed E-state index contributed by atoms with van der Waals surface area (Å²) in [5, 5.41) is 11.2. The highest BCUT2D eigenvalue weighted by atomic mass is 16.7. The Balaban J connectivity index is 1.87. The lowest BCUT2D eigenvalue weighted by atomic mass is 10.1. The number of nitrogens with one attached hydrogen (secondary N) is 1. The minimum absolute atomic E-state index is 0.0645. The third-order valence-electron chi connectivity index (χ3n) is 4.00. The van der Waals surface area contributed by atoms with Gasteiger partial charge in [0.15, 0.2) is 11.4 Å². The number of carboxylic acid groups (broad SMARTS) is 1. The zero-order chi connectivity index (χ0) is 20.8. The molecule has 0 radical (unpaired) electrons. The lowest BCUT2D eigenvalue weighted by Crippen LogP contribution is -2.31. The van der Waals surface area contributed by atoms with Crippen molar-refractivity contribution >= 4 is 28.6 Å². The van der Waals surface area contributed by atoms with Crippen molar-refractivity contribution < 1.29 is 29.1 Å². The highest BCUT2D eigenvalue weighted by Gasteiger charge is 2.19.